The lowest BCUT2D eigenvalue weighted by molar-refractivity contribution is -0.135. The number of benzene rings is 1. The van der Waals surface area contributed by atoms with Crippen LogP contribution in [0, 0.1) is 18.6 Å². The average molecular weight is 645 g/mol. The molecule has 2 aliphatic heterocycles. The zero-order chi connectivity index (χ0) is 34.1. The number of phenolic OH excluding ortho intramolecular Hbond substituents is 1. The Bertz CT molecular complexity index is 2040. The summed E-state index contributed by atoms with van der Waals surface area (Å²) in [5.74, 6) is -3.75. The van der Waals surface area contributed by atoms with E-state index in [9.17, 15) is 24.6 Å². The van der Waals surface area contributed by atoms with Crippen molar-refractivity contribution in [2.75, 3.05) is 36.5 Å². The number of amides is 2. The number of rotatable bonds is 5. The third kappa shape index (κ3) is 4.51. The standard InChI is InChI=1S/C34H34F2N6O5/c1-7-24(45)40-15-34(16-43)33(47)39(6)30-29(41(34)14-19(40)5)20-13-22(36)27(25-21(35)9-8-10-23(25)44)38-31(20)42(32(30)46)28-18(4)11-12-37-26(28)17(2)3/h7-13,17,19,43-44H,1,14-16H2,2-6H3. The van der Waals surface area contributed by atoms with E-state index in [0.717, 1.165) is 23.1 Å². The monoisotopic (exact) mass is 644 g/mol. The van der Waals surface area contributed by atoms with Crippen molar-refractivity contribution < 1.29 is 28.6 Å². The summed E-state index contributed by atoms with van der Waals surface area (Å²) in [7, 11) is 1.39. The number of aromatic nitrogens is 3. The van der Waals surface area contributed by atoms with Gasteiger partial charge in [-0.1, -0.05) is 26.5 Å². The number of phenols is 1. The lowest BCUT2D eigenvalue weighted by Gasteiger charge is -2.56. The van der Waals surface area contributed by atoms with Crippen molar-refractivity contribution in [3.63, 3.8) is 0 Å². The molecular weight excluding hydrogens is 610 g/mol. The number of aromatic hydroxyl groups is 1. The number of pyridine rings is 3. The van der Waals surface area contributed by atoms with Gasteiger partial charge in [0.1, 0.15) is 22.9 Å². The number of fused-ring (bicyclic) bond motifs is 5. The molecule has 0 bridgehead atoms. The third-order valence-corrected chi connectivity index (χ3v) is 9.16. The maximum Gasteiger partial charge on any atom is 0.283 e. The lowest BCUT2D eigenvalue weighted by atomic mass is 9.86. The summed E-state index contributed by atoms with van der Waals surface area (Å²) in [5.41, 5.74) is -1.98. The normalized spacial score (nSPS) is 19.3. The second-order valence-corrected chi connectivity index (χ2v) is 12.4. The minimum atomic E-state index is -1.73. The molecular formula is C34H34F2N6O5. The zero-order valence-corrected chi connectivity index (χ0v) is 26.6. The summed E-state index contributed by atoms with van der Waals surface area (Å²) in [6.07, 6.45) is 2.73. The Balaban J connectivity index is 1.80. The molecule has 6 rings (SSSR count). The van der Waals surface area contributed by atoms with Gasteiger partial charge in [0.2, 0.25) is 5.91 Å². The minimum absolute atomic E-state index is 0.00803. The van der Waals surface area contributed by atoms with E-state index >= 15 is 8.78 Å². The molecule has 0 aliphatic carbocycles. The van der Waals surface area contributed by atoms with Crippen LogP contribution in [0.25, 0.3) is 28.0 Å². The number of hydrogen-bond donors (Lipinski definition) is 2. The summed E-state index contributed by atoms with van der Waals surface area (Å²) in [6, 6.07) is 5.82. The lowest BCUT2D eigenvalue weighted by Crippen LogP contribution is -2.75. The van der Waals surface area contributed by atoms with Crippen LogP contribution in [0.15, 0.2) is 54.0 Å². The Labute approximate surface area is 269 Å². The maximum absolute atomic E-state index is 16.3. The molecule has 1 fully saturated rings. The zero-order valence-electron chi connectivity index (χ0n) is 26.6. The number of nitrogens with zero attached hydrogens (tertiary/aromatic N) is 6. The molecule has 2 aliphatic rings. The van der Waals surface area contributed by atoms with Crippen molar-refractivity contribution in [2.24, 2.45) is 0 Å². The quantitative estimate of drug-likeness (QED) is 0.314. The Morgan fingerprint density at radius 3 is 2.53 bits per heavy atom. The van der Waals surface area contributed by atoms with Crippen LogP contribution in [0.3, 0.4) is 0 Å². The molecule has 11 nitrogen and oxygen atoms in total. The summed E-state index contributed by atoms with van der Waals surface area (Å²) >= 11 is 0. The van der Waals surface area contributed by atoms with Gasteiger partial charge in [0.25, 0.3) is 11.5 Å². The molecule has 0 saturated carbocycles. The van der Waals surface area contributed by atoms with Gasteiger partial charge in [-0.3, -0.25) is 23.9 Å². The number of halogens is 2. The minimum Gasteiger partial charge on any atom is -0.507 e. The van der Waals surface area contributed by atoms with E-state index in [4.69, 9.17) is 0 Å². The van der Waals surface area contributed by atoms with Gasteiger partial charge in [0, 0.05) is 31.2 Å². The molecule has 4 aromatic rings. The number of aryl methyl sites for hydroxylation is 1. The van der Waals surface area contributed by atoms with Gasteiger partial charge in [0.15, 0.2) is 17.0 Å². The highest BCUT2D eigenvalue weighted by atomic mass is 19.1. The summed E-state index contributed by atoms with van der Waals surface area (Å²) < 4.78 is 32.7. The fraction of sp³-hybridized carbons (Fsp3) is 0.324. The average Bonchev–Trinajstić information content (AvgIpc) is 3.03. The van der Waals surface area contributed by atoms with Crippen LogP contribution in [-0.4, -0.2) is 79.8 Å². The third-order valence-electron chi connectivity index (χ3n) is 9.16. The molecule has 0 spiro atoms. The number of anilines is 2. The van der Waals surface area contributed by atoms with E-state index in [-0.39, 0.29) is 41.4 Å². The highest BCUT2D eigenvalue weighted by Crippen LogP contribution is 2.46. The van der Waals surface area contributed by atoms with Crippen LogP contribution in [0.5, 0.6) is 5.75 Å². The molecule has 2 atom stereocenters. The molecule has 2 N–H and O–H groups in total. The van der Waals surface area contributed by atoms with Crippen molar-refractivity contribution in [3.8, 4) is 22.7 Å². The molecule has 0 radical (unpaired) electrons. The highest BCUT2D eigenvalue weighted by Gasteiger charge is 2.56. The molecule has 13 heteroatoms. The number of aliphatic hydroxyl groups excluding tert-OH is 1. The Morgan fingerprint density at radius 2 is 1.89 bits per heavy atom. The first kappa shape index (κ1) is 31.8. The number of aliphatic hydroxyl groups is 1. The van der Waals surface area contributed by atoms with Gasteiger partial charge >= 0.3 is 0 Å². The van der Waals surface area contributed by atoms with Gasteiger partial charge in [-0.25, -0.2) is 13.8 Å². The first-order valence-corrected chi connectivity index (χ1v) is 15.1. The van der Waals surface area contributed by atoms with Crippen molar-refractivity contribution in [2.45, 2.75) is 45.2 Å². The van der Waals surface area contributed by atoms with E-state index in [1.165, 1.54) is 28.6 Å². The van der Waals surface area contributed by atoms with Crippen LogP contribution in [0.2, 0.25) is 0 Å². The van der Waals surface area contributed by atoms with E-state index in [0.29, 0.717) is 16.9 Å². The smallest absolute Gasteiger partial charge is 0.283 e. The van der Waals surface area contributed by atoms with Crippen LogP contribution in [0.4, 0.5) is 20.2 Å². The molecule has 3 aromatic heterocycles. The van der Waals surface area contributed by atoms with Crippen LogP contribution in [0.1, 0.15) is 37.9 Å². The van der Waals surface area contributed by atoms with E-state index in [1.807, 2.05) is 13.8 Å². The second-order valence-electron chi connectivity index (χ2n) is 12.4. The molecule has 47 heavy (non-hydrogen) atoms. The topological polar surface area (TPSA) is 132 Å². The van der Waals surface area contributed by atoms with Gasteiger partial charge < -0.3 is 24.9 Å². The Morgan fingerprint density at radius 1 is 1.17 bits per heavy atom. The Hall–Kier alpha value is -5.17. The number of carbonyl (C=O) groups excluding carboxylic acids is 2. The van der Waals surface area contributed by atoms with Crippen LogP contribution >= 0.6 is 0 Å². The van der Waals surface area contributed by atoms with Crippen molar-refractivity contribution in [1.29, 1.82) is 0 Å². The van der Waals surface area contributed by atoms with Crippen molar-refractivity contribution in [3.05, 3.63) is 82.4 Å². The van der Waals surface area contributed by atoms with Crippen LogP contribution in [-0.2, 0) is 9.59 Å². The number of piperazine rings is 1. The van der Waals surface area contributed by atoms with Crippen molar-refractivity contribution >= 4 is 34.2 Å². The predicted octanol–water partition coefficient (Wildman–Crippen LogP) is 3.79. The largest absolute Gasteiger partial charge is 0.507 e. The molecule has 2 unspecified atom stereocenters. The second kappa shape index (κ2) is 11.3. The van der Waals surface area contributed by atoms with E-state index in [2.05, 4.69) is 16.5 Å². The molecule has 5 heterocycles. The van der Waals surface area contributed by atoms with Gasteiger partial charge in [-0.2, -0.15) is 0 Å². The molecule has 244 valence electrons. The van der Waals surface area contributed by atoms with Gasteiger partial charge in [0.05, 0.1) is 35.8 Å². The molecule has 1 saturated heterocycles. The molecule has 1 aromatic carbocycles. The Kier molecular flexibility index (Phi) is 7.62. The number of likely N-dealkylation sites (N-methyl/N-ethyl adjacent to an activating group) is 1. The fourth-order valence-electron chi connectivity index (χ4n) is 6.82. The van der Waals surface area contributed by atoms with Gasteiger partial charge in [-0.15, -0.1) is 0 Å². The summed E-state index contributed by atoms with van der Waals surface area (Å²) in [4.78, 5) is 55.1. The fourth-order valence-corrected chi connectivity index (χ4v) is 6.82. The molecule has 2 amide bonds. The van der Waals surface area contributed by atoms with Gasteiger partial charge in [-0.05, 0) is 55.7 Å². The van der Waals surface area contributed by atoms with E-state index in [1.54, 1.807) is 31.0 Å². The number of carbonyl (C=O) groups is 2. The summed E-state index contributed by atoms with van der Waals surface area (Å²) in [5, 5.41) is 21.5. The maximum atomic E-state index is 16.3. The number of hydrogen-bond acceptors (Lipinski definition) is 8. The first-order valence-electron chi connectivity index (χ1n) is 15.1. The SMILES string of the molecule is C=CC(=O)N1CC2(CO)C(=O)N(C)c3c(c4cc(F)c(-c5c(O)cccc5F)nc4n(-c4c(C)ccnc4C(C)C)c3=O)N2CC1C. The highest BCUT2D eigenvalue weighted by molar-refractivity contribution is 6.14. The van der Waals surface area contributed by atoms with Crippen molar-refractivity contribution in [1.82, 2.24) is 19.4 Å². The first-order chi connectivity index (χ1) is 22.3. The predicted molar refractivity (Wildman–Crippen MR) is 173 cm³/mol. The van der Waals surface area contributed by atoms with E-state index < -0.39 is 64.2 Å². The summed E-state index contributed by atoms with van der Waals surface area (Å²) in [6.45, 7) is 9.89. The van der Waals surface area contributed by atoms with Crippen LogP contribution < -0.4 is 15.4 Å².